The van der Waals surface area contributed by atoms with E-state index < -0.39 is 0 Å². The Hall–Kier alpha value is -13.7. The number of hydrogen-bond donors (Lipinski definition) is 6. The summed E-state index contributed by atoms with van der Waals surface area (Å²) < 4.78 is 10.9. The molecule has 2 aliphatic rings. The Bertz CT molecular complexity index is 6110. The number of pyridine rings is 4. The highest BCUT2D eigenvalue weighted by Gasteiger charge is 2.28. The van der Waals surface area contributed by atoms with Crippen molar-refractivity contribution < 1.29 is 19.2 Å². The maximum Gasteiger partial charge on any atom is 0.346 e. The van der Waals surface area contributed by atoms with Gasteiger partial charge in [0.25, 0.3) is 22.2 Å². The van der Waals surface area contributed by atoms with Gasteiger partial charge in [0, 0.05) is 70.3 Å². The lowest BCUT2D eigenvalue weighted by molar-refractivity contribution is 0.208. The van der Waals surface area contributed by atoms with Crippen molar-refractivity contribution in [2.75, 3.05) is 33.7 Å². The highest BCUT2D eigenvalue weighted by atomic mass is 16.2. The fourth-order valence-electron chi connectivity index (χ4n) is 12.0. The molecule has 0 unspecified atom stereocenters. The second-order valence-corrected chi connectivity index (χ2v) is 23.8. The van der Waals surface area contributed by atoms with Crippen molar-refractivity contribution in [1.82, 2.24) is 119 Å². The average Bonchev–Trinajstić information content (AvgIpc) is 1.61. The number of amides is 4. The number of carbonyl (C=O) groups excluding carboxylic acids is 4. The van der Waals surface area contributed by atoms with Crippen LogP contribution in [0.2, 0.25) is 0 Å². The van der Waals surface area contributed by atoms with Crippen molar-refractivity contribution in [3.8, 4) is 22.7 Å². The third-order valence-corrected chi connectivity index (χ3v) is 17.1. The van der Waals surface area contributed by atoms with E-state index in [1.807, 2.05) is 135 Å². The van der Waals surface area contributed by atoms with Gasteiger partial charge in [-0.2, -0.15) is 43.8 Å². The molecule has 32 nitrogen and oxygen atoms in total. The SMILES string of the molecule is CCNC(=O)n1[nH]c(C)c2c3nn(-c4ccccc4)c(=O)c3cnc21.CN(C)C(=O)n1ncc2c3[nH]n(-c4ccccc4)c(=O)c3cnc21.O=C(N1CCCC1)n1ncc2c3[nH]n(-c4ccccc4)c(=O)c3cnc21.O=C(NC1CC1)n1ncc2c3[nH]n(-c4ccccc4)c(=O)c3cnc21. The Morgan fingerprint density at radius 2 is 0.910 bits per heavy atom. The number of para-hydroxylation sites is 4. The largest absolute Gasteiger partial charge is 0.346 e. The summed E-state index contributed by atoms with van der Waals surface area (Å²) in [5.41, 5.74) is 6.89. The molecular weight excluding hydrogens is 1280 g/mol. The van der Waals surface area contributed by atoms with Gasteiger partial charge in [-0.15, -0.1) is 0 Å². The van der Waals surface area contributed by atoms with Crippen LogP contribution in [0.4, 0.5) is 19.2 Å². The monoisotopic (exact) mass is 1340 g/mol. The minimum Gasteiger partial charge on any atom is -0.336 e. The highest BCUT2D eigenvalue weighted by Crippen LogP contribution is 2.27. The van der Waals surface area contributed by atoms with Crippen molar-refractivity contribution in [3.05, 3.63) is 212 Å². The molecule has 0 spiro atoms. The van der Waals surface area contributed by atoms with E-state index in [0.717, 1.165) is 61.5 Å². The molecule has 0 radical (unpaired) electrons. The minimum atomic E-state index is -0.308. The third-order valence-electron chi connectivity index (χ3n) is 17.1. The minimum absolute atomic E-state index is 0.172. The number of benzene rings is 4. The molecule has 12 aromatic heterocycles. The van der Waals surface area contributed by atoms with Crippen molar-refractivity contribution in [2.45, 2.75) is 45.6 Å². The first kappa shape index (κ1) is 62.4. The number of aromatic nitrogens is 20. The smallest absolute Gasteiger partial charge is 0.336 e. The number of nitrogens with one attached hydrogen (secondary N) is 6. The molecular formula is C68H60N24O8. The molecule has 4 aromatic carbocycles. The Morgan fingerprint density at radius 3 is 1.37 bits per heavy atom. The summed E-state index contributed by atoms with van der Waals surface area (Å²) in [5.74, 6) is 0. The topological polar surface area (TPSA) is 373 Å². The fraction of sp³-hybridized carbons (Fsp3) is 0.176. The maximum absolute atomic E-state index is 12.7. The molecule has 6 N–H and O–H groups in total. The molecule has 16 aromatic rings. The van der Waals surface area contributed by atoms with E-state index in [2.05, 4.69) is 71.4 Å². The Balaban J connectivity index is 0.000000108. The van der Waals surface area contributed by atoms with Gasteiger partial charge in [0.15, 0.2) is 22.6 Å². The van der Waals surface area contributed by atoms with E-state index >= 15 is 0 Å². The number of likely N-dealkylation sites (tertiary alicyclic amines) is 1. The lowest BCUT2D eigenvalue weighted by Crippen LogP contribution is -2.32. The number of hydrogen-bond acceptors (Lipinski definition) is 16. The third kappa shape index (κ3) is 11.0. The fourth-order valence-corrected chi connectivity index (χ4v) is 12.0. The molecule has 13 heterocycles. The van der Waals surface area contributed by atoms with E-state index in [4.69, 9.17) is 0 Å². The number of H-pyrrole nitrogens is 4. The van der Waals surface area contributed by atoms with Gasteiger partial charge in [-0.3, -0.25) is 39.6 Å². The van der Waals surface area contributed by atoms with Crippen LogP contribution in [-0.2, 0) is 0 Å². The molecule has 0 bridgehead atoms. The molecule has 0 atom stereocenters. The summed E-state index contributed by atoms with van der Waals surface area (Å²) in [4.78, 5) is 120. The maximum atomic E-state index is 12.7. The number of aromatic amines is 4. The van der Waals surface area contributed by atoms with Crippen LogP contribution in [0.15, 0.2) is 184 Å². The second kappa shape index (κ2) is 25.5. The number of carbonyl (C=O) groups is 4. The molecule has 32 heteroatoms. The lowest BCUT2D eigenvalue weighted by atomic mass is 10.2. The van der Waals surface area contributed by atoms with Crippen molar-refractivity contribution in [3.63, 3.8) is 0 Å². The molecule has 2 fully saturated rings. The molecule has 4 amide bonds. The van der Waals surface area contributed by atoms with Gasteiger partial charge in [-0.05, 0) is 88.1 Å². The first-order chi connectivity index (χ1) is 48.6. The standard InChI is InChI=1S/C18H16N6O2.C17H14N6O2.C17H16N6O2.C16H14N6O2/c25-17-14-10-19-16-13(11-20-24(16)18(26)22-8-4-5-9-22)15(14)21-23(17)12-6-2-1-3-7-12;24-16-13-8-18-15-12(9-19-23(15)17(25)20-10-6-7-10)14(13)21-22(16)11-4-2-1-3-5-11;1-3-18-17(25)23-15-13(10(2)20-23)14-12(9-19-15)16(24)22(21-14)11-7-5-4-6-8-11;1-20(2)16(24)22-14-11(9-18-22)13-12(8-17-14)15(23)21(19-13)10-6-4-3-5-7-10/h1-3,6-7,10-11,21H,4-5,8-9H2;1-5,8-10,21H,6-7H2,(H,20,25);4-9,20H,3H2,1-2H3,(H,18,25);3-9,19H,1-2H3. The van der Waals surface area contributed by atoms with Gasteiger partial charge in [0.05, 0.1) is 101 Å². The molecule has 1 saturated heterocycles. The average molecular weight is 1340 g/mol. The molecule has 500 valence electrons. The second-order valence-electron chi connectivity index (χ2n) is 23.8. The van der Waals surface area contributed by atoms with Crippen LogP contribution in [-0.4, -0.2) is 172 Å². The number of nitrogens with zero attached hydrogens (tertiary/aromatic N) is 18. The first-order valence-corrected chi connectivity index (χ1v) is 31.9. The summed E-state index contributed by atoms with van der Waals surface area (Å²) in [6.07, 6.45) is 14.6. The van der Waals surface area contributed by atoms with Crippen LogP contribution < -0.4 is 32.9 Å². The number of rotatable bonds is 6. The Labute approximate surface area is 561 Å². The van der Waals surface area contributed by atoms with E-state index in [0.29, 0.717) is 100.0 Å². The predicted molar refractivity (Wildman–Crippen MR) is 372 cm³/mol. The van der Waals surface area contributed by atoms with Gasteiger partial charge in [0.2, 0.25) is 0 Å². The first-order valence-electron chi connectivity index (χ1n) is 31.9. The molecule has 100 heavy (non-hydrogen) atoms. The normalized spacial score (nSPS) is 12.9. The van der Waals surface area contributed by atoms with Crippen molar-refractivity contribution in [1.29, 1.82) is 0 Å². The van der Waals surface area contributed by atoms with Crippen LogP contribution in [0.5, 0.6) is 0 Å². The Kier molecular flexibility index (Phi) is 15.9. The van der Waals surface area contributed by atoms with Gasteiger partial charge < -0.3 is 20.4 Å². The number of aryl methyl sites for hydroxylation is 1. The predicted octanol–water partition coefficient (Wildman–Crippen LogP) is 7.45. The van der Waals surface area contributed by atoms with Crippen LogP contribution in [0.1, 0.15) is 38.3 Å². The highest BCUT2D eigenvalue weighted by molar-refractivity contribution is 6.07. The van der Waals surface area contributed by atoms with Gasteiger partial charge in [0.1, 0.15) is 5.52 Å². The van der Waals surface area contributed by atoms with Crippen molar-refractivity contribution >= 4 is 112 Å². The molecule has 1 saturated carbocycles. The number of fused-ring (bicyclic) bond motifs is 12. The molecule has 1 aliphatic heterocycles. The summed E-state index contributed by atoms with van der Waals surface area (Å²) in [7, 11) is 3.28. The summed E-state index contributed by atoms with van der Waals surface area (Å²) in [6, 6.07) is 36.2. The molecule has 1 aliphatic carbocycles. The van der Waals surface area contributed by atoms with E-state index in [9.17, 15) is 38.4 Å². The van der Waals surface area contributed by atoms with Gasteiger partial charge in [-0.25, -0.2) is 53.2 Å². The van der Waals surface area contributed by atoms with E-state index in [-0.39, 0.29) is 52.4 Å². The van der Waals surface area contributed by atoms with Crippen LogP contribution in [0.25, 0.3) is 110 Å². The molecule has 18 rings (SSSR count). The zero-order valence-corrected chi connectivity index (χ0v) is 53.9. The van der Waals surface area contributed by atoms with Gasteiger partial charge >= 0.3 is 24.1 Å². The zero-order valence-electron chi connectivity index (χ0n) is 53.9. The summed E-state index contributed by atoms with van der Waals surface area (Å²) in [6.45, 7) is 5.65. The summed E-state index contributed by atoms with van der Waals surface area (Å²) >= 11 is 0. The summed E-state index contributed by atoms with van der Waals surface area (Å²) in [5, 5.41) is 39.3. The van der Waals surface area contributed by atoms with E-state index in [1.54, 1.807) is 31.4 Å². The quantitative estimate of drug-likeness (QED) is 0.0941. The van der Waals surface area contributed by atoms with Crippen LogP contribution in [0, 0.1) is 6.92 Å². The Morgan fingerprint density at radius 1 is 0.490 bits per heavy atom. The zero-order chi connectivity index (χ0) is 69.0. The van der Waals surface area contributed by atoms with Crippen LogP contribution >= 0.6 is 0 Å². The van der Waals surface area contributed by atoms with Crippen LogP contribution in [0.3, 0.4) is 0 Å². The van der Waals surface area contributed by atoms with E-state index in [1.165, 1.54) is 73.3 Å². The van der Waals surface area contributed by atoms with Gasteiger partial charge in [-0.1, -0.05) is 72.8 Å². The van der Waals surface area contributed by atoms with Crippen molar-refractivity contribution in [2.24, 2.45) is 0 Å². The lowest BCUT2D eigenvalue weighted by Gasteiger charge is -2.14.